The van der Waals surface area contributed by atoms with E-state index in [2.05, 4.69) is 4.74 Å². The summed E-state index contributed by atoms with van der Waals surface area (Å²) in [6.07, 6.45) is -1.45. The van der Waals surface area contributed by atoms with E-state index in [-0.39, 0.29) is 12.1 Å². The molecule has 0 aromatic carbocycles. The Morgan fingerprint density at radius 1 is 1.25 bits per heavy atom. The van der Waals surface area contributed by atoms with E-state index in [1.54, 1.807) is 0 Å². The van der Waals surface area contributed by atoms with Gasteiger partial charge < -0.3 is 15.2 Å². The van der Waals surface area contributed by atoms with Crippen molar-refractivity contribution >= 4 is 0 Å². The molecular formula is C10H18F3NO2. The van der Waals surface area contributed by atoms with E-state index in [9.17, 15) is 13.2 Å². The Morgan fingerprint density at radius 2 is 1.88 bits per heavy atom. The summed E-state index contributed by atoms with van der Waals surface area (Å²) >= 11 is 0. The third-order valence-corrected chi connectivity index (χ3v) is 2.72. The van der Waals surface area contributed by atoms with E-state index in [1.165, 1.54) is 0 Å². The van der Waals surface area contributed by atoms with Crippen LogP contribution in [-0.4, -0.2) is 38.1 Å². The van der Waals surface area contributed by atoms with Crippen LogP contribution in [0.3, 0.4) is 0 Å². The Kier molecular flexibility index (Phi) is 5.01. The summed E-state index contributed by atoms with van der Waals surface area (Å²) < 4.78 is 44.9. The second-order valence-electron chi connectivity index (χ2n) is 4.25. The molecule has 0 radical (unpaired) electrons. The van der Waals surface area contributed by atoms with Crippen LogP contribution in [0.1, 0.15) is 25.7 Å². The molecule has 0 aliphatic carbocycles. The second kappa shape index (κ2) is 5.84. The van der Waals surface area contributed by atoms with Gasteiger partial charge in [0.15, 0.2) is 0 Å². The molecule has 1 rings (SSSR count). The van der Waals surface area contributed by atoms with Gasteiger partial charge >= 0.3 is 6.18 Å². The molecule has 1 aliphatic rings. The van der Waals surface area contributed by atoms with Crippen molar-refractivity contribution in [3.8, 4) is 0 Å². The van der Waals surface area contributed by atoms with E-state index in [4.69, 9.17) is 10.5 Å². The fourth-order valence-corrected chi connectivity index (χ4v) is 1.74. The molecule has 0 saturated carbocycles. The topological polar surface area (TPSA) is 44.5 Å². The molecule has 0 amide bonds. The predicted octanol–water partition coefficient (Wildman–Crippen LogP) is 1.85. The molecule has 0 aromatic heterocycles. The van der Waals surface area contributed by atoms with Gasteiger partial charge in [-0.1, -0.05) is 0 Å². The molecule has 0 unspecified atom stereocenters. The van der Waals surface area contributed by atoms with Crippen LogP contribution in [0, 0.1) is 0 Å². The number of halogens is 3. The van der Waals surface area contributed by atoms with Gasteiger partial charge in [0.1, 0.15) is 6.61 Å². The standard InChI is InChI=1S/C10H18F3NO2/c11-10(12,13)8-16-5-1-2-9(14)3-6-15-7-4-9/h1-8,14H2. The molecule has 96 valence electrons. The van der Waals surface area contributed by atoms with Gasteiger partial charge in [0, 0.05) is 25.4 Å². The molecule has 3 nitrogen and oxygen atoms in total. The molecule has 6 heteroatoms. The smallest absolute Gasteiger partial charge is 0.381 e. The molecule has 1 fully saturated rings. The molecule has 0 atom stereocenters. The number of rotatable bonds is 5. The van der Waals surface area contributed by atoms with Crippen molar-refractivity contribution in [3.63, 3.8) is 0 Å². The van der Waals surface area contributed by atoms with Crippen LogP contribution in [0.5, 0.6) is 0 Å². The molecule has 1 saturated heterocycles. The van der Waals surface area contributed by atoms with E-state index in [0.717, 1.165) is 12.8 Å². The van der Waals surface area contributed by atoms with Gasteiger partial charge in [0.05, 0.1) is 0 Å². The Hall–Kier alpha value is -0.330. The van der Waals surface area contributed by atoms with Crippen LogP contribution < -0.4 is 5.73 Å². The lowest BCUT2D eigenvalue weighted by molar-refractivity contribution is -0.174. The van der Waals surface area contributed by atoms with Gasteiger partial charge in [-0.2, -0.15) is 13.2 Å². The lowest BCUT2D eigenvalue weighted by Gasteiger charge is -2.33. The van der Waals surface area contributed by atoms with E-state index in [0.29, 0.717) is 26.1 Å². The van der Waals surface area contributed by atoms with Crippen molar-refractivity contribution in [2.75, 3.05) is 26.4 Å². The fraction of sp³-hybridized carbons (Fsp3) is 1.00. The Morgan fingerprint density at radius 3 is 2.44 bits per heavy atom. The maximum Gasteiger partial charge on any atom is 0.411 e. The zero-order valence-corrected chi connectivity index (χ0v) is 9.18. The Labute approximate surface area is 93.1 Å². The first-order valence-corrected chi connectivity index (χ1v) is 5.42. The van der Waals surface area contributed by atoms with Crippen LogP contribution in [0.15, 0.2) is 0 Å². The monoisotopic (exact) mass is 241 g/mol. The van der Waals surface area contributed by atoms with Gasteiger partial charge in [0.25, 0.3) is 0 Å². The minimum Gasteiger partial charge on any atom is -0.381 e. The van der Waals surface area contributed by atoms with E-state index in [1.807, 2.05) is 0 Å². The maximum atomic E-state index is 11.7. The molecule has 0 aromatic rings. The Balaban J connectivity index is 2.06. The molecular weight excluding hydrogens is 223 g/mol. The van der Waals surface area contributed by atoms with Crippen LogP contribution in [-0.2, 0) is 9.47 Å². The van der Waals surface area contributed by atoms with Crippen molar-refractivity contribution < 1.29 is 22.6 Å². The highest BCUT2D eigenvalue weighted by molar-refractivity contribution is 4.85. The molecule has 1 aliphatic heterocycles. The number of ether oxygens (including phenoxy) is 2. The minimum atomic E-state index is -4.24. The van der Waals surface area contributed by atoms with Crippen molar-refractivity contribution in [2.24, 2.45) is 5.73 Å². The first-order chi connectivity index (χ1) is 7.41. The van der Waals surface area contributed by atoms with Crippen molar-refractivity contribution in [1.29, 1.82) is 0 Å². The van der Waals surface area contributed by atoms with Gasteiger partial charge in [-0.05, 0) is 25.7 Å². The highest BCUT2D eigenvalue weighted by Crippen LogP contribution is 2.23. The molecule has 1 heterocycles. The maximum absolute atomic E-state index is 11.7. The zero-order valence-electron chi connectivity index (χ0n) is 9.18. The third-order valence-electron chi connectivity index (χ3n) is 2.72. The highest BCUT2D eigenvalue weighted by Gasteiger charge is 2.29. The van der Waals surface area contributed by atoms with Crippen molar-refractivity contribution in [2.45, 2.75) is 37.4 Å². The zero-order chi connectivity index (χ0) is 12.1. The summed E-state index contributed by atoms with van der Waals surface area (Å²) in [7, 11) is 0. The summed E-state index contributed by atoms with van der Waals surface area (Å²) in [5, 5.41) is 0. The normalized spacial score (nSPS) is 21.0. The summed E-state index contributed by atoms with van der Waals surface area (Å²) in [5.74, 6) is 0. The summed E-state index contributed by atoms with van der Waals surface area (Å²) in [5.41, 5.74) is 5.79. The first kappa shape index (κ1) is 13.7. The average molecular weight is 241 g/mol. The molecule has 16 heavy (non-hydrogen) atoms. The second-order valence-corrected chi connectivity index (χ2v) is 4.25. The SMILES string of the molecule is NC1(CCCOCC(F)(F)F)CCOCC1. The number of hydrogen-bond acceptors (Lipinski definition) is 3. The van der Waals surface area contributed by atoms with Gasteiger partial charge in [-0.3, -0.25) is 0 Å². The Bertz CT molecular complexity index is 203. The van der Waals surface area contributed by atoms with Crippen LogP contribution in [0.25, 0.3) is 0 Å². The largest absolute Gasteiger partial charge is 0.411 e. The van der Waals surface area contributed by atoms with Crippen molar-refractivity contribution in [3.05, 3.63) is 0 Å². The first-order valence-electron chi connectivity index (χ1n) is 5.42. The van der Waals surface area contributed by atoms with Gasteiger partial charge in [0.2, 0.25) is 0 Å². The average Bonchev–Trinajstić information content (AvgIpc) is 2.16. The van der Waals surface area contributed by atoms with Crippen molar-refractivity contribution in [1.82, 2.24) is 0 Å². The predicted molar refractivity (Wildman–Crippen MR) is 53.1 cm³/mol. The summed E-state index contributed by atoms with van der Waals surface area (Å²) in [6, 6.07) is 0. The highest BCUT2D eigenvalue weighted by atomic mass is 19.4. The molecule has 0 spiro atoms. The lowest BCUT2D eigenvalue weighted by Crippen LogP contribution is -2.45. The lowest BCUT2D eigenvalue weighted by atomic mass is 9.87. The third kappa shape index (κ3) is 5.67. The minimum absolute atomic E-state index is 0.110. The van der Waals surface area contributed by atoms with E-state index < -0.39 is 12.8 Å². The number of nitrogens with two attached hydrogens (primary N) is 1. The fourth-order valence-electron chi connectivity index (χ4n) is 1.74. The van der Waals surface area contributed by atoms with Crippen LogP contribution in [0.2, 0.25) is 0 Å². The van der Waals surface area contributed by atoms with Gasteiger partial charge in [-0.15, -0.1) is 0 Å². The van der Waals surface area contributed by atoms with E-state index >= 15 is 0 Å². The van der Waals surface area contributed by atoms with Crippen LogP contribution in [0.4, 0.5) is 13.2 Å². The number of hydrogen-bond donors (Lipinski definition) is 1. The molecule has 0 bridgehead atoms. The quantitative estimate of drug-likeness (QED) is 0.747. The summed E-state index contributed by atoms with van der Waals surface area (Å²) in [4.78, 5) is 0. The van der Waals surface area contributed by atoms with Crippen LogP contribution >= 0.6 is 0 Å². The number of alkyl halides is 3. The summed E-state index contributed by atoms with van der Waals surface area (Å²) in [6.45, 7) is 0.215. The van der Waals surface area contributed by atoms with Gasteiger partial charge in [-0.25, -0.2) is 0 Å². The molecule has 2 N–H and O–H groups in total.